The van der Waals surface area contributed by atoms with Crippen molar-refractivity contribution in [3.05, 3.63) is 23.7 Å². The number of hydrogen-bond donors (Lipinski definition) is 1. The van der Waals surface area contributed by atoms with Gasteiger partial charge in [-0.25, -0.2) is 0 Å². The molecule has 0 radical (unpaired) electrons. The largest absolute Gasteiger partial charge is 0.460 e. The molecule has 1 rings (SSSR count). The van der Waals surface area contributed by atoms with E-state index in [0.717, 1.165) is 25.2 Å². The van der Waals surface area contributed by atoms with Crippen LogP contribution in [-0.2, 0) is 0 Å². The number of rotatable bonds is 2. The predicted molar refractivity (Wildman–Crippen MR) is 61.1 cm³/mol. The predicted octanol–water partition coefficient (Wildman–Crippen LogP) is 2.66. The van der Waals surface area contributed by atoms with Gasteiger partial charge in [-0.15, -0.1) is 0 Å². The van der Waals surface area contributed by atoms with Crippen molar-refractivity contribution >= 4 is 6.21 Å². The molecular weight excluding hydrogens is 178 g/mol. The van der Waals surface area contributed by atoms with Gasteiger partial charge in [-0.2, -0.15) is 0 Å². The van der Waals surface area contributed by atoms with Crippen LogP contribution in [0.5, 0.6) is 0 Å². The lowest BCUT2D eigenvalue weighted by molar-refractivity contribution is 0.399. The molecule has 0 aliphatic heterocycles. The number of aliphatic imine (C=N–C) groups is 1. The Bertz CT molecular complexity index is 229. The molecule has 1 aromatic heterocycles. The van der Waals surface area contributed by atoms with Gasteiger partial charge < -0.3 is 9.52 Å². The highest BCUT2D eigenvalue weighted by atomic mass is 16.3. The topological polar surface area (TPSA) is 45.7 Å². The number of aryl methyl sites for hydroxylation is 1. The minimum absolute atomic E-state index is 0.805. The monoisotopic (exact) mass is 199 g/mol. The van der Waals surface area contributed by atoms with E-state index in [2.05, 4.69) is 4.99 Å². The summed E-state index contributed by atoms with van der Waals surface area (Å²) in [6.45, 7) is 8.72. The zero-order valence-electron chi connectivity index (χ0n) is 9.74. The minimum atomic E-state index is 0.805. The van der Waals surface area contributed by atoms with Gasteiger partial charge in [0.2, 0.25) is 0 Å². The number of aliphatic hydroxyl groups excluding tert-OH is 1. The number of aliphatic hydroxyl groups is 1. The molecule has 0 atom stereocenters. The van der Waals surface area contributed by atoms with E-state index >= 15 is 0 Å². The fourth-order valence-corrected chi connectivity index (χ4v) is 0.704. The van der Waals surface area contributed by atoms with Crippen molar-refractivity contribution in [2.45, 2.75) is 27.7 Å². The van der Waals surface area contributed by atoms with Crippen LogP contribution in [-0.4, -0.2) is 25.0 Å². The summed E-state index contributed by atoms with van der Waals surface area (Å²) < 4.78 is 5.24. The van der Waals surface area contributed by atoms with E-state index in [1.54, 1.807) is 6.21 Å². The molecule has 1 N–H and O–H groups in total. The van der Waals surface area contributed by atoms with Gasteiger partial charge in [0.15, 0.2) is 0 Å². The van der Waals surface area contributed by atoms with Gasteiger partial charge in [0, 0.05) is 13.7 Å². The third kappa shape index (κ3) is 7.55. The highest BCUT2D eigenvalue weighted by Gasteiger charge is 1.91. The zero-order chi connectivity index (χ0) is 11.4. The summed E-state index contributed by atoms with van der Waals surface area (Å²) in [5.74, 6) is 1.76. The molecule has 0 aliphatic rings. The second-order valence-corrected chi connectivity index (χ2v) is 2.08. The van der Waals surface area contributed by atoms with Gasteiger partial charge in [-0.1, -0.05) is 13.8 Å². The zero-order valence-corrected chi connectivity index (χ0v) is 9.74. The maximum Gasteiger partial charge on any atom is 0.144 e. The lowest BCUT2D eigenvalue weighted by Gasteiger charge is -1.82. The standard InChI is InChI=1S/C8H11NO.C2H6.CH4O/c1-3-9-6-8-5-4-7(2)10-8;2*1-2/h4-6H,3H2,1-2H3;1-2H3;2H,1H3. The molecule has 1 aromatic rings. The second kappa shape index (κ2) is 11.9. The van der Waals surface area contributed by atoms with E-state index in [4.69, 9.17) is 9.52 Å². The quantitative estimate of drug-likeness (QED) is 0.744. The summed E-state index contributed by atoms with van der Waals surface area (Å²) in [6.07, 6.45) is 1.74. The molecular formula is C11H21NO2. The van der Waals surface area contributed by atoms with Crippen molar-refractivity contribution < 1.29 is 9.52 Å². The Morgan fingerprint density at radius 3 is 2.29 bits per heavy atom. The normalized spacial score (nSPS) is 8.71. The first kappa shape index (κ1) is 15.4. The third-order valence-corrected chi connectivity index (χ3v) is 1.16. The highest BCUT2D eigenvalue weighted by Crippen LogP contribution is 2.02. The van der Waals surface area contributed by atoms with E-state index in [1.165, 1.54) is 0 Å². The lowest BCUT2D eigenvalue weighted by Crippen LogP contribution is -1.75. The van der Waals surface area contributed by atoms with Crippen molar-refractivity contribution in [3.63, 3.8) is 0 Å². The Labute approximate surface area is 86.5 Å². The number of furan rings is 1. The van der Waals surface area contributed by atoms with E-state index in [9.17, 15) is 0 Å². The average Bonchev–Trinajstić information content (AvgIpc) is 2.67. The van der Waals surface area contributed by atoms with Crippen LogP contribution in [0.4, 0.5) is 0 Å². The molecule has 0 amide bonds. The maximum absolute atomic E-state index is 7.00. The van der Waals surface area contributed by atoms with Gasteiger partial charge in [0.25, 0.3) is 0 Å². The van der Waals surface area contributed by atoms with Crippen LogP contribution in [0.15, 0.2) is 21.5 Å². The van der Waals surface area contributed by atoms with Gasteiger partial charge in [0.1, 0.15) is 11.5 Å². The fourth-order valence-electron chi connectivity index (χ4n) is 0.704. The van der Waals surface area contributed by atoms with Crippen molar-refractivity contribution in [2.75, 3.05) is 13.7 Å². The lowest BCUT2D eigenvalue weighted by atomic mass is 10.4. The van der Waals surface area contributed by atoms with Crippen LogP contribution in [0.1, 0.15) is 32.3 Å². The van der Waals surface area contributed by atoms with Crippen LogP contribution < -0.4 is 0 Å². The van der Waals surface area contributed by atoms with Crippen LogP contribution >= 0.6 is 0 Å². The first-order valence-corrected chi connectivity index (χ1v) is 4.84. The van der Waals surface area contributed by atoms with Gasteiger partial charge in [-0.05, 0) is 26.0 Å². The first-order chi connectivity index (χ1) is 6.83. The molecule has 0 spiro atoms. The van der Waals surface area contributed by atoms with Crippen molar-refractivity contribution in [3.8, 4) is 0 Å². The average molecular weight is 199 g/mol. The first-order valence-electron chi connectivity index (χ1n) is 4.84. The van der Waals surface area contributed by atoms with E-state index in [1.807, 2.05) is 39.8 Å². The third-order valence-electron chi connectivity index (χ3n) is 1.16. The van der Waals surface area contributed by atoms with E-state index in [-0.39, 0.29) is 0 Å². The molecule has 0 bridgehead atoms. The van der Waals surface area contributed by atoms with Gasteiger partial charge in [0.05, 0.1) is 6.21 Å². The minimum Gasteiger partial charge on any atom is -0.460 e. The second-order valence-electron chi connectivity index (χ2n) is 2.08. The van der Waals surface area contributed by atoms with Crippen LogP contribution in [0.25, 0.3) is 0 Å². The number of nitrogens with zero attached hydrogens (tertiary/aromatic N) is 1. The van der Waals surface area contributed by atoms with Crippen LogP contribution in [0.2, 0.25) is 0 Å². The molecule has 1 heterocycles. The summed E-state index contributed by atoms with van der Waals surface area (Å²) in [5.41, 5.74) is 0. The summed E-state index contributed by atoms with van der Waals surface area (Å²) in [7, 11) is 1.00. The van der Waals surface area contributed by atoms with Crippen molar-refractivity contribution in [1.82, 2.24) is 0 Å². The fraction of sp³-hybridized carbons (Fsp3) is 0.545. The molecule has 0 saturated heterocycles. The molecule has 0 aromatic carbocycles. The van der Waals surface area contributed by atoms with Crippen LogP contribution in [0.3, 0.4) is 0 Å². The molecule has 14 heavy (non-hydrogen) atoms. The van der Waals surface area contributed by atoms with Gasteiger partial charge >= 0.3 is 0 Å². The van der Waals surface area contributed by atoms with E-state index in [0.29, 0.717) is 0 Å². The Kier molecular flexibility index (Phi) is 13.1. The SMILES string of the molecule is CC.CCN=Cc1ccc(C)o1.CO. The van der Waals surface area contributed by atoms with Gasteiger partial charge in [-0.3, -0.25) is 4.99 Å². The summed E-state index contributed by atoms with van der Waals surface area (Å²) >= 11 is 0. The van der Waals surface area contributed by atoms with Crippen molar-refractivity contribution in [2.24, 2.45) is 4.99 Å². The molecule has 3 heteroatoms. The smallest absolute Gasteiger partial charge is 0.144 e. The highest BCUT2D eigenvalue weighted by molar-refractivity contribution is 5.75. The Morgan fingerprint density at radius 1 is 1.36 bits per heavy atom. The molecule has 3 nitrogen and oxygen atoms in total. The summed E-state index contributed by atoms with van der Waals surface area (Å²) in [5, 5.41) is 7.00. The molecule has 0 unspecified atom stereocenters. The molecule has 82 valence electrons. The molecule has 0 saturated carbocycles. The van der Waals surface area contributed by atoms with Crippen molar-refractivity contribution in [1.29, 1.82) is 0 Å². The number of hydrogen-bond acceptors (Lipinski definition) is 3. The molecule has 0 fully saturated rings. The maximum atomic E-state index is 7.00. The summed E-state index contributed by atoms with van der Waals surface area (Å²) in [6, 6.07) is 3.84. The Balaban J connectivity index is 0. The van der Waals surface area contributed by atoms with E-state index < -0.39 is 0 Å². The van der Waals surface area contributed by atoms with Crippen LogP contribution in [0, 0.1) is 6.92 Å². The summed E-state index contributed by atoms with van der Waals surface area (Å²) in [4.78, 5) is 4.04. The Hall–Kier alpha value is -1.09. The Morgan fingerprint density at radius 2 is 1.93 bits per heavy atom. The molecule has 0 aliphatic carbocycles.